The zero-order chi connectivity index (χ0) is 11.4. The zero-order valence-electron chi connectivity index (χ0n) is 8.03. The second-order valence-corrected chi connectivity index (χ2v) is 2.96. The molecule has 0 bridgehead atoms. The Hall–Kier alpha value is -1.97. The Morgan fingerprint density at radius 2 is 2.07 bits per heavy atom. The fourth-order valence-corrected chi connectivity index (χ4v) is 1.05. The molecule has 1 rings (SSSR count). The molecule has 0 radical (unpaired) electrons. The molecule has 0 aromatic heterocycles. The predicted octanol–water partition coefficient (Wildman–Crippen LogP) is 2.13. The van der Waals surface area contributed by atoms with Crippen LogP contribution in [-0.4, -0.2) is 16.9 Å². The van der Waals surface area contributed by atoms with Crippen molar-refractivity contribution in [3.63, 3.8) is 0 Å². The van der Waals surface area contributed by atoms with Crippen LogP contribution in [0.2, 0.25) is 0 Å². The molecule has 78 valence electrons. The fraction of sp³-hybridized carbons (Fsp3) is 0.0909. The van der Waals surface area contributed by atoms with Crippen LogP contribution in [0.25, 0.3) is 6.08 Å². The molecule has 3 nitrogen and oxygen atoms in total. The molecule has 4 heteroatoms. The summed E-state index contributed by atoms with van der Waals surface area (Å²) in [6, 6.07) is 3.81. The molecule has 0 aliphatic carbocycles. The number of carboxylic acid groups (broad SMARTS) is 1. The van der Waals surface area contributed by atoms with Crippen LogP contribution >= 0.6 is 0 Å². The molecule has 0 unspecified atom stereocenters. The normalized spacial score (nSPS) is 10.5. The largest absolute Gasteiger partial charge is 0.478 e. The lowest BCUT2D eigenvalue weighted by Crippen LogP contribution is -1.94. The van der Waals surface area contributed by atoms with Crippen LogP contribution in [0.1, 0.15) is 22.8 Å². The van der Waals surface area contributed by atoms with Crippen molar-refractivity contribution < 1.29 is 19.1 Å². The lowest BCUT2D eigenvalue weighted by Gasteiger charge is -1.99. The van der Waals surface area contributed by atoms with E-state index >= 15 is 0 Å². The molecule has 0 saturated heterocycles. The quantitative estimate of drug-likeness (QED) is 0.611. The van der Waals surface area contributed by atoms with E-state index in [1.807, 2.05) is 0 Å². The summed E-state index contributed by atoms with van der Waals surface area (Å²) in [5.74, 6) is -1.92. The first kappa shape index (κ1) is 11.1. The number of halogens is 1. The van der Waals surface area contributed by atoms with Gasteiger partial charge in [-0.15, -0.1) is 0 Å². The predicted molar refractivity (Wildman–Crippen MR) is 53.1 cm³/mol. The molecule has 1 N–H and O–H groups in total. The number of benzene rings is 1. The smallest absolute Gasteiger partial charge is 0.328 e. The summed E-state index contributed by atoms with van der Waals surface area (Å²) < 4.78 is 13.1. The number of hydrogen-bond donors (Lipinski definition) is 1. The number of carboxylic acids is 1. The molecule has 0 aliphatic rings. The molecule has 0 aliphatic heterocycles. The number of carbonyl (C=O) groups excluding carboxylic acids is 1. The third-order valence-electron chi connectivity index (χ3n) is 1.81. The topological polar surface area (TPSA) is 54.4 Å². The minimum atomic E-state index is -1.16. The highest BCUT2D eigenvalue weighted by molar-refractivity contribution is 5.95. The fourth-order valence-electron chi connectivity index (χ4n) is 1.05. The first-order valence-electron chi connectivity index (χ1n) is 4.22. The Bertz CT molecular complexity index is 435. The van der Waals surface area contributed by atoms with Crippen molar-refractivity contribution >= 4 is 17.8 Å². The Labute approximate surface area is 85.8 Å². The standard InChI is InChI=1S/C11H9FO3/c1-7(13)8-2-4-10(12)9(6-8)3-5-11(14)15/h2-6H,1H3,(H,14,15). The van der Waals surface area contributed by atoms with Gasteiger partial charge in [-0.1, -0.05) is 0 Å². The van der Waals surface area contributed by atoms with Gasteiger partial charge in [0.15, 0.2) is 5.78 Å². The maximum atomic E-state index is 13.1. The van der Waals surface area contributed by atoms with Gasteiger partial charge in [0.05, 0.1) is 0 Å². The van der Waals surface area contributed by atoms with E-state index in [1.54, 1.807) is 0 Å². The summed E-state index contributed by atoms with van der Waals surface area (Å²) in [5, 5.41) is 8.37. The van der Waals surface area contributed by atoms with Crippen molar-refractivity contribution in [1.29, 1.82) is 0 Å². The molecule has 0 saturated carbocycles. The average Bonchev–Trinajstić information content (AvgIpc) is 2.16. The number of hydrogen-bond acceptors (Lipinski definition) is 2. The minimum Gasteiger partial charge on any atom is -0.478 e. The highest BCUT2D eigenvalue weighted by atomic mass is 19.1. The van der Waals surface area contributed by atoms with Gasteiger partial charge in [-0.05, 0) is 31.2 Å². The molecule has 1 aromatic rings. The van der Waals surface area contributed by atoms with Crippen molar-refractivity contribution in [3.05, 3.63) is 41.2 Å². The molecule has 0 fully saturated rings. The summed E-state index contributed by atoms with van der Waals surface area (Å²) >= 11 is 0. The molecule has 0 amide bonds. The van der Waals surface area contributed by atoms with Gasteiger partial charge in [-0.25, -0.2) is 9.18 Å². The molecular formula is C11H9FO3. The van der Waals surface area contributed by atoms with Gasteiger partial charge in [-0.2, -0.15) is 0 Å². The van der Waals surface area contributed by atoms with Gasteiger partial charge < -0.3 is 5.11 Å². The van der Waals surface area contributed by atoms with E-state index in [0.717, 1.165) is 18.2 Å². The lowest BCUT2D eigenvalue weighted by molar-refractivity contribution is -0.131. The summed E-state index contributed by atoms with van der Waals surface area (Å²) in [6.07, 6.45) is 1.94. The number of Topliss-reactive ketones (excluding diaryl/α,β-unsaturated/α-hetero) is 1. The summed E-state index contributed by atoms with van der Waals surface area (Å²) in [6.45, 7) is 1.36. The average molecular weight is 208 g/mol. The zero-order valence-corrected chi connectivity index (χ0v) is 8.03. The Morgan fingerprint density at radius 3 is 2.60 bits per heavy atom. The maximum absolute atomic E-state index is 13.1. The molecule has 0 atom stereocenters. The van der Waals surface area contributed by atoms with Crippen LogP contribution in [0.4, 0.5) is 4.39 Å². The van der Waals surface area contributed by atoms with E-state index in [9.17, 15) is 14.0 Å². The number of rotatable bonds is 3. The van der Waals surface area contributed by atoms with Crippen LogP contribution in [0.3, 0.4) is 0 Å². The van der Waals surface area contributed by atoms with Gasteiger partial charge >= 0.3 is 5.97 Å². The molecule has 0 spiro atoms. The molecular weight excluding hydrogens is 199 g/mol. The van der Waals surface area contributed by atoms with Crippen molar-refractivity contribution in [3.8, 4) is 0 Å². The molecule has 0 heterocycles. The van der Waals surface area contributed by atoms with E-state index in [4.69, 9.17) is 5.11 Å². The number of ketones is 1. The summed E-state index contributed by atoms with van der Waals surface area (Å²) in [7, 11) is 0. The first-order valence-corrected chi connectivity index (χ1v) is 4.22. The van der Waals surface area contributed by atoms with Gasteiger partial charge in [0.25, 0.3) is 0 Å². The third kappa shape index (κ3) is 3.02. The summed E-state index contributed by atoms with van der Waals surface area (Å²) in [5.41, 5.74) is 0.437. The minimum absolute atomic E-state index is 0.0881. The highest BCUT2D eigenvalue weighted by Gasteiger charge is 2.04. The second kappa shape index (κ2) is 4.50. The second-order valence-electron chi connectivity index (χ2n) is 2.96. The number of carbonyl (C=O) groups is 2. The van der Waals surface area contributed by atoms with E-state index in [0.29, 0.717) is 5.56 Å². The van der Waals surface area contributed by atoms with Crippen LogP contribution in [0.5, 0.6) is 0 Å². The Balaban J connectivity index is 3.11. The molecule has 15 heavy (non-hydrogen) atoms. The van der Waals surface area contributed by atoms with Gasteiger partial charge in [0.1, 0.15) is 5.82 Å². The van der Waals surface area contributed by atoms with Crippen molar-refractivity contribution in [2.45, 2.75) is 6.92 Å². The maximum Gasteiger partial charge on any atom is 0.328 e. The summed E-state index contributed by atoms with van der Waals surface area (Å²) in [4.78, 5) is 21.2. The Kier molecular flexibility index (Phi) is 3.33. The van der Waals surface area contributed by atoms with Crippen LogP contribution in [0, 0.1) is 5.82 Å². The van der Waals surface area contributed by atoms with Gasteiger partial charge in [0, 0.05) is 17.2 Å². The van der Waals surface area contributed by atoms with Crippen molar-refractivity contribution in [1.82, 2.24) is 0 Å². The lowest BCUT2D eigenvalue weighted by atomic mass is 10.1. The van der Waals surface area contributed by atoms with E-state index in [2.05, 4.69) is 0 Å². The highest BCUT2D eigenvalue weighted by Crippen LogP contribution is 2.12. The van der Waals surface area contributed by atoms with E-state index in [-0.39, 0.29) is 11.3 Å². The third-order valence-corrected chi connectivity index (χ3v) is 1.81. The molecule has 1 aromatic carbocycles. The van der Waals surface area contributed by atoms with Crippen molar-refractivity contribution in [2.24, 2.45) is 0 Å². The van der Waals surface area contributed by atoms with E-state index < -0.39 is 11.8 Å². The van der Waals surface area contributed by atoms with Crippen molar-refractivity contribution in [2.75, 3.05) is 0 Å². The Morgan fingerprint density at radius 1 is 1.40 bits per heavy atom. The van der Waals surface area contributed by atoms with E-state index in [1.165, 1.54) is 19.1 Å². The SMILES string of the molecule is CC(=O)c1ccc(F)c(C=CC(=O)O)c1. The van der Waals surface area contributed by atoms with Crippen LogP contribution in [-0.2, 0) is 4.79 Å². The van der Waals surface area contributed by atoms with Crippen LogP contribution < -0.4 is 0 Å². The van der Waals surface area contributed by atoms with Crippen LogP contribution in [0.15, 0.2) is 24.3 Å². The van der Waals surface area contributed by atoms with Gasteiger partial charge in [0.2, 0.25) is 0 Å². The first-order chi connectivity index (χ1) is 7.00. The van der Waals surface area contributed by atoms with Gasteiger partial charge in [-0.3, -0.25) is 4.79 Å². The number of aliphatic carboxylic acids is 1. The monoisotopic (exact) mass is 208 g/mol.